The van der Waals surface area contributed by atoms with Crippen LogP contribution < -0.4 is 0 Å². The molecule has 1 rings (SSSR count). The van der Waals surface area contributed by atoms with E-state index in [1.54, 1.807) is 0 Å². The van der Waals surface area contributed by atoms with E-state index in [9.17, 15) is 9.59 Å². The largest absolute Gasteiger partial charge is 0.465 e. The van der Waals surface area contributed by atoms with Crippen LogP contribution in [0.5, 0.6) is 0 Å². The number of rotatable bonds is 4. The molecule has 0 radical (unpaired) electrons. The molecule has 1 fully saturated rings. The van der Waals surface area contributed by atoms with Gasteiger partial charge in [-0.25, -0.2) is 4.79 Å². The Bertz CT molecular complexity index is 258. The number of carbonyl (C=O) groups excluding carboxylic acids is 1. The van der Waals surface area contributed by atoms with Crippen LogP contribution >= 0.6 is 37.0 Å². The average Bonchev–Trinajstić information content (AvgIpc) is 2.68. The summed E-state index contributed by atoms with van der Waals surface area (Å²) in [7, 11) is 0. The van der Waals surface area contributed by atoms with Gasteiger partial charge in [-0.05, 0) is 0 Å². The van der Waals surface area contributed by atoms with Crippen molar-refractivity contribution >= 4 is 48.9 Å². The van der Waals surface area contributed by atoms with E-state index in [1.807, 2.05) is 0 Å². The highest BCUT2D eigenvalue weighted by Crippen LogP contribution is 2.26. The highest BCUT2D eigenvalue weighted by atomic mass is 32.2. The predicted octanol–water partition coefficient (Wildman–Crippen LogP) is 1.08. The lowest BCUT2D eigenvalue weighted by Gasteiger charge is -2.15. The first-order valence-electron chi connectivity index (χ1n) is 4.45. The van der Waals surface area contributed by atoms with E-state index in [-0.39, 0.29) is 23.5 Å². The van der Waals surface area contributed by atoms with Crippen LogP contribution in [0.2, 0.25) is 0 Å². The molecule has 0 spiro atoms. The van der Waals surface area contributed by atoms with Gasteiger partial charge in [0.25, 0.3) is 0 Å². The Balaban J connectivity index is 2.53. The number of hydrogen-bond acceptors (Lipinski definition) is 5. The molecule has 0 aliphatic carbocycles. The molecule has 0 aromatic rings. The van der Waals surface area contributed by atoms with Crippen LogP contribution in [0, 0.1) is 5.92 Å². The lowest BCUT2D eigenvalue weighted by molar-refractivity contribution is -0.121. The van der Waals surface area contributed by atoms with Gasteiger partial charge in [-0.1, -0.05) is 0 Å². The molecule has 1 heterocycles. The van der Waals surface area contributed by atoms with E-state index < -0.39 is 6.09 Å². The normalized spacial score (nSPS) is 21.0. The van der Waals surface area contributed by atoms with Gasteiger partial charge < -0.3 is 5.11 Å². The molecule has 1 aliphatic heterocycles. The maximum Gasteiger partial charge on any atom is 0.408 e. The van der Waals surface area contributed by atoms with Gasteiger partial charge in [0.1, 0.15) is 0 Å². The summed E-state index contributed by atoms with van der Waals surface area (Å²) in [6, 6.07) is 0. The minimum Gasteiger partial charge on any atom is -0.465 e. The summed E-state index contributed by atoms with van der Waals surface area (Å²) in [4.78, 5) is 23.7. The Kier molecular flexibility index (Phi) is 5.14. The molecule has 86 valence electrons. The first-order valence-corrected chi connectivity index (χ1v) is 6.76. The Morgan fingerprint density at radius 1 is 1.47 bits per heavy atom. The van der Waals surface area contributed by atoms with Gasteiger partial charge in [0.2, 0.25) is 0 Å². The Hall–Kier alpha value is -0.0100. The third-order valence-corrected chi connectivity index (χ3v) is 4.37. The molecule has 0 bridgehead atoms. The Labute approximate surface area is 104 Å². The molecule has 1 atom stereocenters. The number of Topliss-reactive ketones (excluding diaryl/α,β-unsaturated/α-hetero) is 1. The molecule has 0 aromatic carbocycles. The SMILES string of the molecule is O=C(C(CS)CS)C1CN(C(=O)O)CS1. The van der Waals surface area contributed by atoms with Crippen molar-refractivity contribution in [2.75, 3.05) is 23.9 Å². The van der Waals surface area contributed by atoms with Gasteiger partial charge in [-0.15, -0.1) is 11.8 Å². The number of carbonyl (C=O) groups is 2. The molecular formula is C8H13NO3S3. The minimum atomic E-state index is -0.967. The third-order valence-electron chi connectivity index (χ3n) is 2.25. The van der Waals surface area contributed by atoms with Crippen molar-refractivity contribution in [1.82, 2.24) is 4.90 Å². The van der Waals surface area contributed by atoms with Gasteiger partial charge in [-0.3, -0.25) is 9.69 Å². The minimum absolute atomic E-state index is 0.0637. The lowest BCUT2D eigenvalue weighted by Crippen LogP contribution is -2.34. The summed E-state index contributed by atoms with van der Waals surface area (Å²) in [6.07, 6.45) is -0.967. The number of amides is 1. The number of carboxylic acid groups (broad SMARTS) is 1. The van der Waals surface area contributed by atoms with E-state index in [2.05, 4.69) is 25.3 Å². The van der Waals surface area contributed by atoms with Crippen LogP contribution in [0.3, 0.4) is 0 Å². The molecule has 7 heteroatoms. The summed E-state index contributed by atoms with van der Waals surface area (Å²) in [5.41, 5.74) is 0. The standard InChI is InChI=1S/C8H13NO3S3/c10-7(5(2-13)3-14)6-1-9(4-15-6)8(11)12/h5-6,13-14H,1-4H2,(H,11,12). The molecule has 0 saturated carbocycles. The highest BCUT2D eigenvalue weighted by molar-refractivity contribution is 8.00. The number of thiol groups is 2. The zero-order valence-electron chi connectivity index (χ0n) is 8.00. The molecule has 1 amide bonds. The van der Waals surface area contributed by atoms with Crippen molar-refractivity contribution in [3.63, 3.8) is 0 Å². The van der Waals surface area contributed by atoms with Crippen molar-refractivity contribution < 1.29 is 14.7 Å². The summed E-state index contributed by atoms with van der Waals surface area (Å²) in [5, 5.41) is 8.49. The van der Waals surface area contributed by atoms with E-state index >= 15 is 0 Å². The van der Waals surface area contributed by atoms with Crippen LogP contribution in [0.25, 0.3) is 0 Å². The molecule has 15 heavy (non-hydrogen) atoms. The quantitative estimate of drug-likeness (QED) is 0.667. The van der Waals surface area contributed by atoms with Crippen LogP contribution in [-0.2, 0) is 4.79 Å². The van der Waals surface area contributed by atoms with Crippen molar-refractivity contribution in [1.29, 1.82) is 0 Å². The maximum atomic E-state index is 11.8. The Morgan fingerprint density at radius 3 is 2.47 bits per heavy atom. The van der Waals surface area contributed by atoms with Crippen molar-refractivity contribution in [3.05, 3.63) is 0 Å². The Morgan fingerprint density at radius 2 is 2.07 bits per heavy atom. The van der Waals surface area contributed by atoms with Gasteiger partial charge in [0, 0.05) is 24.0 Å². The maximum absolute atomic E-state index is 11.8. The van der Waals surface area contributed by atoms with Gasteiger partial charge in [-0.2, -0.15) is 25.3 Å². The lowest BCUT2D eigenvalue weighted by atomic mass is 10.1. The summed E-state index contributed by atoms with van der Waals surface area (Å²) in [5.74, 6) is 1.19. The monoisotopic (exact) mass is 267 g/mol. The van der Waals surface area contributed by atoms with E-state index in [0.717, 1.165) is 0 Å². The third kappa shape index (κ3) is 3.22. The number of nitrogens with zero attached hydrogens (tertiary/aromatic N) is 1. The molecule has 1 aliphatic rings. The zero-order valence-corrected chi connectivity index (χ0v) is 10.6. The molecule has 1 N–H and O–H groups in total. The van der Waals surface area contributed by atoms with Crippen molar-refractivity contribution in [3.8, 4) is 0 Å². The highest BCUT2D eigenvalue weighted by Gasteiger charge is 2.34. The molecular weight excluding hydrogens is 254 g/mol. The van der Waals surface area contributed by atoms with Crippen molar-refractivity contribution in [2.24, 2.45) is 5.92 Å². The van der Waals surface area contributed by atoms with Crippen molar-refractivity contribution in [2.45, 2.75) is 5.25 Å². The fraction of sp³-hybridized carbons (Fsp3) is 0.750. The summed E-state index contributed by atoms with van der Waals surface area (Å²) in [6.45, 7) is 0.289. The topological polar surface area (TPSA) is 57.6 Å². The number of hydrogen-bond donors (Lipinski definition) is 3. The number of ketones is 1. The number of thioether (sulfide) groups is 1. The summed E-state index contributed by atoms with van der Waals surface area (Å²) < 4.78 is 0. The predicted molar refractivity (Wildman–Crippen MR) is 67.2 cm³/mol. The second-order valence-corrected chi connectivity index (χ2v) is 5.14. The van der Waals surface area contributed by atoms with Crippen LogP contribution in [-0.4, -0.2) is 51.1 Å². The van der Waals surface area contributed by atoms with Gasteiger partial charge in [0.05, 0.1) is 11.1 Å². The van der Waals surface area contributed by atoms with E-state index in [1.165, 1.54) is 16.7 Å². The van der Waals surface area contributed by atoms with Gasteiger partial charge in [0.15, 0.2) is 5.78 Å². The fourth-order valence-corrected chi connectivity index (χ4v) is 3.33. The van der Waals surface area contributed by atoms with Crippen LogP contribution in [0.4, 0.5) is 4.79 Å². The second kappa shape index (κ2) is 5.91. The van der Waals surface area contributed by atoms with E-state index in [4.69, 9.17) is 5.11 Å². The van der Waals surface area contributed by atoms with Crippen LogP contribution in [0.15, 0.2) is 0 Å². The molecule has 1 unspecified atom stereocenters. The molecule has 0 aromatic heterocycles. The molecule has 1 saturated heterocycles. The van der Waals surface area contributed by atoms with E-state index in [0.29, 0.717) is 17.4 Å². The second-order valence-electron chi connectivity index (χ2n) is 3.25. The molecule has 4 nitrogen and oxygen atoms in total. The average molecular weight is 267 g/mol. The van der Waals surface area contributed by atoms with Crippen LogP contribution in [0.1, 0.15) is 0 Å². The fourth-order valence-electron chi connectivity index (χ4n) is 1.29. The first-order chi connectivity index (χ1) is 7.10. The zero-order chi connectivity index (χ0) is 11.4. The summed E-state index contributed by atoms with van der Waals surface area (Å²) >= 11 is 9.54. The van der Waals surface area contributed by atoms with Gasteiger partial charge >= 0.3 is 6.09 Å². The first kappa shape index (κ1) is 13.1. The smallest absolute Gasteiger partial charge is 0.408 e.